The highest BCUT2D eigenvalue weighted by atomic mass is 79.9. The maximum atomic E-state index is 11.8. The molecule has 0 fully saturated rings. The monoisotopic (exact) mass is 351 g/mol. The van der Waals surface area contributed by atoms with Crippen LogP contribution in [0.2, 0.25) is 0 Å². The van der Waals surface area contributed by atoms with Crippen molar-refractivity contribution in [3.05, 3.63) is 53.0 Å². The zero-order valence-electron chi connectivity index (χ0n) is 10.9. The Morgan fingerprint density at radius 2 is 2.05 bits per heavy atom. The van der Waals surface area contributed by atoms with Crippen molar-refractivity contribution >= 4 is 39.3 Å². The number of thioether (sulfide) groups is 1. The molecule has 0 unspecified atom stereocenters. The van der Waals surface area contributed by atoms with Gasteiger partial charge in [-0.1, -0.05) is 28.1 Å². The van der Waals surface area contributed by atoms with E-state index in [-0.39, 0.29) is 12.5 Å². The Kier molecular flexibility index (Phi) is 5.49. The zero-order chi connectivity index (χ0) is 14.4. The normalized spacial score (nSPS) is 10.1. The Hall–Kier alpha value is -1.46. The third-order valence-corrected chi connectivity index (χ3v) is 3.74. The second kappa shape index (κ2) is 7.36. The first-order valence-electron chi connectivity index (χ1n) is 5.99. The molecule has 20 heavy (non-hydrogen) atoms. The van der Waals surface area contributed by atoms with E-state index in [1.54, 1.807) is 11.8 Å². The highest BCUT2D eigenvalue weighted by Gasteiger charge is 2.04. The standard InChI is InChI=1S/C15H14BrNO2S/c1-20-14-7-3-5-12(9-14)17-15(18)10-19-13-6-2-4-11(16)8-13/h2-9H,10H2,1H3,(H,17,18). The lowest BCUT2D eigenvalue weighted by Gasteiger charge is -2.08. The van der Waals surface area contributed by atoms with Gasteiger partial charge in [0.05, 0.1) is 0 Å². The minimum Gasteiger partial charge on any atom is -0.484 e. The van der Waals surface area contributed by atoms with Gasteiger partial charge in [0.1, 0.15) is 5.75 Å². The van der Waals surface area contributed by atoms with E-state index in [0.29, 0.717) is 5.75 Å². The Labute approximate surface area is 130 Å². The van der Waals surface area contributed by atoms with E-state index in [9.17, 15) is 4.79 Å². The Morgan fingerprint density at radius 1 is 1.25 bits per heavy atom. The molecule has 0 heterocycles. The summed E-state index contributed by atoms with van der Waals surface area (Å²) in [5.41, 5.74) is 0.777. The van der Waals surface area contributed by atoms with Crippen molar-refractivity contribution in [3.8, 4) is 5.75 Å². The molecule has 0 aliphatic heterocycles. The second-order valence-corrected chi connectivity index (χ2v) is 5.82. The first kappa shape index (κ1) is 14.9. The summed E-state index contributed by atoms with van der Waals surface area (Å²) < 4.78 is 6.35. The maximum Gasteiger partial charge on any atom is 0.262 e. The van der Waals surface area contributed by atoms with E-state index in [1.165, 1.54) is 0 Å². The Morgan fingerprint density at radius 3 is 2.80 bits per heavy atom. The number of rotatable bonds is 5. The largest absolute Gasteiger partial charge is 0.484 e. The maximum absolute atomic E-state index is 11.8. The van der Waals surface area contributed by atoms with Crippen molar-refractivity contribution in [2.45, 2.75) is 4.90 Å². The van der Waals surface area contributed by atoms with Gasteiger partial charge in [-0.05, 0) is 42.7 Å². The van der Waals surface area contributed by atoms with Gasteiger partial charge in [0.25, 0.3) is 5.91 Å². The minimum atomic E-state index is -0.178. The van der Waals surface area contributed by atoms with Crippen LogP contribution in [0.25, 0.3) is 0 Å². The van der Waals surface area contributed by atoms with Crippen LogP contribution in [0.3, 0.4) is 0 Å². The number of benzene rings is 2. The molecule has 0 atom stereocenters. The van der Waals surface area contributed by atoms with Crippen LogP contribution in [0.15, 0.2) is 57.9 Å². The predicted molar refractivity (Wildman–Crippen MR) is 86.5 cm³/mol. The van der Waals surface area contributed by atoms with Crippen molar-refractivity contribution < 1.29 is 9.53 Å². The van der Waals surface area contributed by atoms with Gasteiger partial charge in [0.2, 0.25) is 0 Å². The molecule has 2 rings (SSSR count). The Balaban J connectivity index is 1.89. The van der Waals surface area contributed by atoms with E-state index >= 15 is 0 Å². The van der Waals surface area contributed by atoms with Gasteiger partial charge in [-0.2, -0.15) is 0 Å². The summed E-state index contributed by atoms with van der Waals surface area (Å²) in [5, 5.41) is 2.81. The van der Waals surface area contributed by atoms with Crippen molar-refractivity contribution in [3.63, 3.8) is 0 Å². The van der Waals surface area contributed by atoms with Crippen LogP contribution < -0.4 is 10.1 Å². The quantitative estimate of drug-likeness (QED) is 0.820. The van der Waals surface area contributed by atoms with Crippen LogP contribution in [-0.2, 0) is 4.79 Å². The molecule has 0 radical (unpaired) electrons. The van der Waals surface area contributed by atoms with Crippen LogP contribution in [-0.4, -0.2) is 18.8 Å². The number of carbonyl (C=O) groups excluding carboxylic acids is 1. The van der Waals surface area contributed by atoms with Crippen molar-refractivity contribution in [1.82, 2.24) is 0 Å². The van der Waals surface area contributed by atoms with E-state index < -0.39 is 0 Å². The van der Waals surface area contributed by atoms with Crippen molar-refractivity contribution in [2.75, 3.05) is 18.2 Å². The fraction of sp³-hybridized carbons (Fsp3) is 0.133. The minimum absolute atomic E-state index is 0.0139. The average Bonchev–Trinajstić information content (AvgIpc) is 2.45. The Bertz CT molecular complexity index is 604. The lowest BCUT2D eigenvalue weighted by Crippen LogP contribution is -2.20. The number of hydrogen-bond acceptors (Lipinski definition) is 3. The first-order valence-corrected chi connectivity index (χ1v) is 8.01. The number of ether oxygens (including phenoxy) is 1. The smallest absolute Gasteiger partial charge is 0.262 e. The molecule has 0 aliphatic rings. The SMILES string of the molecule is CSc1cccc(NC(=O)COc2cccc(Br)c2)c1. The number of amides is 1. The molecule has 1 N–H and O–H groups in total. The molecular weight excluding hydrogens is 338 g/mol. The summed E-state index contributed by atoms with van der Waals surface area (Å²) in [7, 11) is 0. The number of halogens is 1. The summed E-state index contributed by atoms with van der Waals surface area (Å²) in [5.74, 6) is 0.482. The molecule has 5 heteroatoms. The predicted octanol–water partition coefficient (Wildman–Crippen LogP) is 4.19. The topological polar surface area (TPSA) is 38.3 Å². The number of nitrogens with one attached hydrogen (secondary N) is 1. The lowest BCUT2D eigenvalue weighted by atomic mass is 10.3. The van der Waals surface area contributed by atoms with Gasteiger partial charge in [-0.25, -0.2) is 0 Å². The van der Waals surface area contributed by atoms with E-state index in [4.69, 9.17) is 4.74 Å². The van der Waals surface area contributed by atoms with Gasteiger partial charge in [0, 0.05) is 15.1 Å². The molecule has 104 valence electrons. The molecule has 2 aromatic carbocycles. The first-order chi connectivity index (χ1) is 9.67. The van der Waals surface area contributed by atoms with Gasteiger partial charge >= 0.3 is 0 Å². The molecule has 1 amide bonds. The summed E-state index contributed by atoms with van der Waals surface area (Å²) in [6.45, 7) is -0.0139. The van der Waals surface area contributed by atoms with Crippen molar-refractivity contribution in [1.29, 1.82) is 0 Å². The molecule has 0 aromatic heterocycles. The van der Waals surface area contributed by atoms with E-state index in [2.05, 4.69) is 21.2 Å². The molecule has 0 spiro atoms. The highest BCUT2D eigenvalue weighted by molar-refractivity contribution is 9.10. The van der Waals surface area contributed by atoms with Crippen LogP contribution in [0.1, 0.15) is 0 Å². The second-order valence-electron chi connectivity index (χ2n) is 4.03. The lowest BCUT2D eigenvalue weighted by molar-refractivity contribution is -0.118. The molecule has 0 aliphatic carbocycles. The van der Waals surface area contributed by atoms with E-state index in [1.807, 2.05) is 54.8 Å². The van der Waals surface area contributed by atoms with Crippen LogP contribution in [0, 0.1) is 0 Å². The summed E-state index contributed by atoms with van der Waals surface area (Å²) in [4.78, 5) is 12.9. The summed E-state index contributed by atoms with van der Waals surface area (Å²) in [6.07, 6.45) is 2.00. The van der Waals surface area contributed by atoms with Gasteiger partial charge in [0.15, 0.2) is 6.61 Å². The molecule has 0 bridgehead atoms. The fourth-order valence-corrected chi connectivity index (χ4v) is 2.44. The zero-order valence-corrected chi connectivity index (χ0v) is 13.3. The molecule has 0 saturated heterocycles. The van der Waals surface area contributed by atoms with Gasteiger partial charge in [-0.15, -0.1) is 11.8 Å². The fourth-order valence-electron chi connectivity index (χ4n) is 1.60. The van der Waals surface area contributed by atoms with Crippen LogP contribution in [0.4, 0.5) is 5.69 Å². The van der Waals surface area contributed by atoms with Crippen LogP contribution in [0.5, 0.6) is 5.75 Å². The number of hydrogen-bond donors (Lipinski definition) is 1. The summed E-state index contributed by atoms with van der Waals surface area (Å²) >= 11 is 4.99. The highest BCUT2D eigenvalue weighted by Crippen LogP contribution is 2.19. The van der Waals surface area contributed by atoms with Gasteiger partial charge in [-0.3, -0.25) is 4.79 Å². The van der Waals surface area contributed by atoms with Crippen LogP contribution >= 0.6 is 27.7 Å². The molecular formula is C15H14BrNO2S. The molecule has 0 saturated carbocycles. The molecule has 3 nitrogen and oxygen atoms in total. The van der Waals surface area contributed by atoms with E-state index in [0.717, 1.165) is 15.1 Å². The number of carbonyl (C=O) groups is 1. The number of anilines is 1. The third-order valence-electron chi connectivity index (χ3n) is 2.52. The average molecular weight is 352 g/mol. The molecule has 2 aromatic rings. The van der Waals surface area contributed by atoms with Gasteiger partial charge < -0.3 is 10.1 Å². The summed E-state index contributed by atoms with van der Waals surface area (Å²) in [6, 6.07) is 15.1. The third kappa shape index (κ3) is 4.58. The van der Waals surface area contributed by atoms with Crippen molar-refractivity contribution in [2.24, 2.45) is 0 Å².